The lowest BCUT2D eigenvalue weighted by Gasteiger charge is -2.34. The lowest BCUT2D eigenvalue weighted by Crippen LogP contribution is -2.57. The summed E-state index contributed by atoms with van der Waals surface area (Å²) in [6.07, 6.45) is 10.3. The van der Waals surface area contributed by atoms with Crippen molar-refractivity contribution in [3.8, 4) is 5.75 Å². The molecule has 8 heteroatoms. The van der Waals surface area contributed by atoms with Crippen molar-refractivity contribution in [2.75, 3.05) is 12.4 Å². The first-order valence-corrected chi connectivity index (χ1v) is 12.5. The number of carbonyl (C=O) groups is 3. The Balaban J connectivity index is 1.28. The van der Waals surface area contributed by atoms with E-state index in [1.165, 1.54) is 6.42 Å². The summed E-state index contributed by atoms with van der Waals surface area (Å²) < 4.78 is 11.6. The number of amides is 3. The maximum absolute atomic E-state index is 13.8. The Hall–Kier alpha value is -2.87. The Kier molecular flexibility index (Phi) is 5.17. The zero-order valence-electron chi connectivity index (χ0n) is 19.4. The molecule has 2 N–H and O–H groups in total. The maximum atomic E-state index is 13.8. The van der Waals surface area contributed by atoms with Crippen molar-refractivity contribution in [2.45, 2.75) is 74.8 Å². The first kappa shape index (κ1) is 21.6. The number of nitrogens with one attached hydrogen (secondary N) is 2. The van der Waals surface area contributed by atoms with Crippen LogP contribution in [-0.4, -0.2) is 59.6 Å². The van der Waals surface area contributed by atoms with Gasteiger partial charge in [-0.1, -0.05) is 37.5 Å². The summed E-state index contributed by atoms with van der Waals surface area (Å²) >= 11 is 0. The predicted molar refractivity (Wildman–Crippen MR) is 124 cm³/mol. The van der Waals surface area contributed by atoms with Crippen molar-refractivity contribution in [1.29, 1.82) is 0 Å². The smallest absolute Gasteiger partial charge is 0.246 e. The Bertz CT molecular complexity index is 1050. The van der Waals surface area contributed by atoms with Crippen LogP contribution in [0.4, 0.5) is 5.69 Å². The number of hydrogen-bond acceptors (Lipinski definition) is 5. The summed E-state index contributed by atoms with van der Waals surface area (Å²) in [5.74, 6) is -1.30. The highest BCUT2D eigenvalue weighted by molar-refractivity contribution is 6.03. The van der Waals surface area contributed by atoms with Crippen LogP contribution in [0.2, 0.25) is 0 Å². The van der Waals surface area contributed by atoms with Crippen LogP contribution in [0.5, 0.6) is 5.75 Å². The van der Waals surface area contributed by atoms with Gasteiger partial charge in [-0.25, -0.2) is 0 Å². The number of fused-ring (bicyclic) bond motifs is 1. The molecule has 0 unspecified atom stereocenters. The molecule has 1 aromatic rings. The van der Waals surface area contributed by atoms with Crippen LogP contribution in [0, 0.1) is 11.8 Å². The van der Waals surface area contributed by atoms with Crippen molar-refractivity contribution >= 4 is 23.4 Å². The van der Waals surface area contributed by atoms with E-state index in [0.717, 1.165) is 38.5 Å². The number of nitrogens with zero attached hydrogens (tertiary/aromatic N) is 1. The highest BCUT2D eigenvalue weighted by atomic mass is 16.5. The molecule has 3 amide bonds. The third-order valence-corrected chi connectivity index (χ3v) is 8.09. The fourth-order valence-electron chi connectivity index (χ4n) is 6.41. The van der Waals surface area contributed by atoms with E-state index in [1.54, 1.807) is 36.3 Å². The molecule has 3 aliphatic heterocycles. The summed E-state index contributed by atoms with van der Waals surface area (Å²) in [5.41, 5.74) is -0.485. The van der Waals surface area contributed by atoms with Gasteiger partial charge in [0.1, 0.15) is 17.4 Å². The van der Waals surface area contributed by atoms with Crippen LogP contribution in [0.1, 0.15) is 44.9 Å². The molecular formula is C26H31N3O5. The molecule has 2 saturated heterocycles. The van der Waals surface area contributed by atoms with Gasteiger partial charge in [-0.05, 0) is 37.8 Å². The van der Waals surface area contributed by atoms with E-state index in [4.69, 9.17) is 9.47 Å². The van der Waals surface area contributed by atoms with Gasteiger partial charge in [-0.15, -0.1) is 0 Å². The summed E-state index contributed by atoms with van der Waals surface area (Å²) in [6.45, 7) is 0. The summed E-state index contributed by atoms with van der Waals surface area (Å²) in [4.78, 5) is 42.6. The Morgan fingerprint density at radius 1 is 1.12 bits per heavy atom. The van der Waals surface area contributed by atoms with Crippen molar-refractivity contribution in [3.05, 3.63) is 36.4 Å². The molecule has 0 radical (unpaired) electrons. The number of anilines is 1. The molecule has 34 heavy (non-hydrogen) atoms. The second kappa shape index (κ2) is 8.12. The largest absolute Gasteiger partial charge is 0.497 e. The van der Waals surface area contributed by atoms with Gasteiger partial charge >= 0.3 is 0 Å². The van der Waals surface area contributed by atoms with Crippen LogP contribution >= 0.6 is 0 Å². The number of carbonyl (C=O) groups excluding carboxylic acids is 3. The molecule has 5 atom stereocenters. The van der Waals surface area contributed by atoms with Gasteiger partial charge in [0, 0.05) is 23.8 Å². The molecule has 2 saturated carbocycles. The minimum absolute atomic E-state index is 0.0488. The molecule has 0 aromatic heterocycles. The Morgan fingerprint density at radius 3 is 2.65 bits per heavy atom. The molecule has 6 rings (SSSR count). The molecule has 3 heterocycles. The Labute approximate surface area is 199 Å². The van der Waals surface area contributed by atoms with Crippen LogP contribution in [0.15, 0.2) is 36.4 Å². The van der Waals surface area contributed by atoms with Gasteiger partial charge in [0.25, 0.3) is 0 Å². The van der Waals surface area contributed by atoms with Gasteiger partial charge in [-0.3, -0.25) is 14.4 Å². The number of ether oxygens (including phenoxy) is 2. The van der Waals surface area contributed by atoms with Crippen molar-refractivity contribution < 1.29 is 23.9 Å². The van der Waals surface area contributed by atoms with Gasteiger partial charge < -0.3 is 25.0 Å². The Morgan fingerprint density at radius 2 is 1.91 bits per heavy atom. The molecule has 8 nitrogen and oxygen atoms in total. The fraction of sp³-hybridized carbons (Fsp3) is 0.577. The lowest BCUT2D eigenvalue weighted by molar-refractivity contribution is -0.142. The van der Waals surface area contributed by atoms with Crippen molar-refractivity contribution in [3.63, 3.8) is 0 Å². The molecule has 1 aromatic carbocycles. The number of hydrogen-bond donors (Lipinski definition) is 2. The molecule has 1 spiro atoms. The molecule has 180 valence electrons. The topological polar surface area (TPSA) is 97.0 Å². The number of rotatable bonds is 6. The monoisotopic (exact) mass is 465 g/mol. The second-order valence-electron chi connectivity index (χ2n) is 10.2. The predicted octanol–water partition coefficient (Wildman–Crippen LogP) is 2.40. The van der Waals surface area contributed by atoms with E-state index in [9.17, 15) is 14.4 Å². The van der Waals surface area contributed by atoms with Gasteiger partial charge in [0.2, 0.25) is 17.7 Å². The van der Waals surface area contributed by atoms with Crippen LogP contribution in [-0.2, 0) is 19.1 Å². The molecular weight excluding hydrogens is 434 g/mol. The third-order valence-electron chi connectivity index (χ3n) is 8.09. The number of methoxy groups -OCH3 is 1. The van der Waals surface area contributed by atoms with Gasteiger partial charge in [-0.2, -0.15) is 0 Å². The highest BCUT2D eigenvalue weighted by Crippen LogP contribution is 2.57. The summed E-state index contributed by atoms with van der Waals surface area (Å²) in [6, 6.07) is 6.59. The first-order valence-electron chi connectivity index (χ1n) is 12.5. The zero-order chi connectivity index (χ0) is 23.4. The highest BCUT2D eigenvalue weighted by Gasteiger charge is 2.74. The summed E-state index contributed by atoms with van der Waals surface area (Å²) in [7, 11) is 1.57. The van der Waals surface area contributed by atoms with Crippen LogP contribution in [0.25, 0.3) is 0 Å². The number of likely N-dealkylation sites (tertiary alicyclic amines) is 1. The fourth-order valence-corrected chi connectivity index (χ4v) is 6.41. The molecule has 2 aliphatic carbocycles. The van der Waals surface area contributed by atoms with E-state index < -0.39 is 29.6 Å². The SMILES string of the molecule is COc1cccc(NC(=O)[C@@H]2[C@H]3C=C[C@]4(O3)[C@H](C(=O)NC3CCCCC3)N(C3CC3)C(=O)[C@@H]24)c1. The average Bonchev–Trinajstić information content (AvgIpc) is 3.44. The first-order chi connectivity index (χ1) is 16.5. The average molecular weight is 466 g/mol. The number of benzene rings is 1. The standard InChI is InChI=1S/C26H31N3O5/c1-33-18-9-5-8-16(14-18)28-23(30)20-19-12-13-26(34-19)21(20)25(32)29(17-10-11-17)22(26)24(31)27-15-6-3-2-4-7-15/h5,8-9,12-15,17,19-22H,2-4,6-7,10-11H2,1H3,(H,27,31)(H,28,30)/t19-,20-,21-,22+,26-/m1/s1. The third kappa shape index (κ3) is 3.34. The van der Waals surface area contributed by atoms with E-state index in [-0.39, 0.29) is 29.8 Å². The van der Waals surface area contributed by atoms with E-state index in [1.807, 2.05) is 12.2 Å². The van der Waals surface area contributed by atoms with E-state index in [2.05, 4.69) is 10.6 Å². The van der Waals surface area contributed by atoms with Gasteiger partial charge in [0.15, 0.2) is 0 Å². The molecule has 5 aliphatic rings. The minimum Gasteiger partial charge on any atom is -0.497 e. The van der Waals surface area contributed by atoms with Crippen molar-refractivity contribution in [2.24, 2.45) is 11.8 Å². The quantitative estimate of drug-likeness (QED) is 0.629. The van der Waals surface area contributed by atoms with Crippen LogP contribution in [0.3, 0.4) is 0 Å². The lowest BCUT2D eigenvalue weighted by atomic mass is 9.74. The maximum Gasteiger partial charge on any atom is 0.246 e. The van der Waals surface area contributed by atoms with Gasteiger partial charge in [0.05, 0.1) is 25.0 Å². The molecule has 4 fully saturated rings. The van der Waals surface area contributed by atoms with E-state index in [0.29, 0.717) is 11.4 Å². The summed E-state index contributed by atoms with van der Waals surface area (Å²) in [5, 5.41) is 6.16. The van der Waals surface area contributed by atoms with Crippen LogP contribution < -0.4 is 15.4 Å². The minimum atomic E-state index is -1.08. The van der Waals surface area contributed by atoms with Crippen molar-refractivity contribution in [1.82, 2.24) is 10.2 Å². The molecule has 2 bridgehead atoms. The second-order valence-corrected chi connectivity index (χ2v) is 10.2. The normalized spacial score (nSPS) is 34.3. The zero-order valence-corrected chi connectivity index (χ0v) is 19.4. The van der Waals surface area contributed by atoms with E-state index >= 15 is 0 Å².